The minimum Gasteiger partial charge on any atom is -0.472 e. The standard InChI is InChI=1S/C16H19ClN2O/c17-14-1-3-15(4-2-14)18-16-5-8-19(9-6-16)11-13-7-10-20-12-13/h1-4,7,10,12,16,18H,5-6,8-9,11H2. The fourth-order valence-electron chi connectivity index (χ4n) is 2.66. The number of halogens is 1. The highest BCUT2D eigenvalue weighted by molar-refractivity contribution is 6.30. The highest BCUT2D eigenvalue weighted by atomic mass is 35.5. The van der Waals surface area contributed by atoms with Gasteiger partial charge in [-0.3, -0.25) is 4.90 Å². The fraction of sp³-hybridized carbons (Fsp3) is 0.375. The van der Waals surface area contributed by atoms with E-state index in [1.807, 2.05) is 36.6 Å². The molecule has 1 aliphatic heterocycles. The second-order valence-electron chi connectivity index (χ2n) is 5.33. The van der Waals surface area contributed by atoms with Crippen LogP contribution in [-0.4, -0.2) is 24.0 Å². The lowest BCUT2D eigenvalue weighted by Gasteiger charge is -2.32. The van der Waals surface area contributed by atoms with Crippen LogP contribution in [0.1, 0.15) is 18.4 Å². The van der Waals surface area contributed by atoms with Gasteiger partial charge in [0, 0.05) is 41.9 Å². The third kappa shape index (κ3) is 3.56. The SMILES string of the molecule is Clc1ccc(NC2CCN(Cc3ccoc3)CC2)cc1. The van der Waals surface area contributed by atoms with Gasteiger partial charge in [-0.15, -0.1) is 0 Å². The number of hydrogen-bond acceptors (Lipinski definition) is 3. The summed E-state index contributed by atoms with van der Waals surface area (Å²) in [5.41, 5.74) is 2.41. The van der Waals surface area contributed by atoms with Crippen LogP contribution in [0.2, 0.25) is 5.02 Å². The molecule has 20 heavy (non-hydrogen) atoms. The molecule has 2 aromatic rings. The van der Waals surface area contributed by atoms with Crippen LogP contribution in [0.15, 0.2) is 47.3 Å². The van der Waals surface area contributed by atoms with E-state index >= 15 is 0 Å². The molecule has 0 atom stereocenters. The predicted octanol–water partition coefficient (Wildman–Crippen LogP) is 4.01. The third-order valence-corrected chi connectivity index (χ3v) is 4.04. The molecule has 1 aliphatic rings. The van der Waals surface area contributed by atoms with E-state index in [0.29, 0.717) is 6.04 Å². The van der Waals surface area contributed by atoms with Gasteiger partial charge in [-0.05, 0) is 43.2 Å². The van der Waals surface area contributed by atoms with Gasteiger partial charge in [-0.1, -0.05) is 11.6 Å². The summed E-state index contributed by atoms with van der Waals surface area (Å²) in [6, 6.07) is 10.5. The number of nitrogens with one attached hydrogen (secondary N) is 1. The Kier molecular flexibility index (Phi) is 4.28. The van der Waals surface area contributed by atoms with Crippen LogP contribution in [-0.2, 0) is 6.54 Å². The molecule has 1 aromatic heterocycles. The molecule has 3 nitrogen and oxygen atoms in total. The Morgan fingerprint density at radius 3 is 2.55 bits per heavy atom. The van der Waals surface area contributed by atoms with Gasteiger partial charge in [0.05, 0.1) is 12.5 Å². The largest absolute Gasteiger partial charge is 0.472 e. The van der Waals surface area contributed by atoms with Crippen molar-refractivity contribution in [3.63, 3.8) is 0 Å². The summed E-state index contributed by atoms with van der Waals surface area (Å²) in [4.78, 5) is 2.48. The topological polar surface area (TPSA) is 28.4 Å². The van der Waals surface area contributed by atoms with Crippen molar-refractivity contribution >= 4 is 17.3 Å². The summed E-state index contributed by atoms with van der Waals surface area (Å²) in [5, 5.41) is 4.37. The summed E-state index contributed by atoms with van der Waals surface area (Å²) >= 11 is 5.90. The Labute approximate surface area is 124 Å². The molecule has 0 aliphatic carbocycles. The summed E-state index contributed by atoms with van der Waals surface area (Å²) < 4.78 is 5.12. The number of furan rings is 1. The second-order valence-corrected chi connectivity index (χ2v) is 5.77. The summed E-state index contributed by atoms with van der Waals surface area (Å²) in [5.74, 6) is 0. The smallest absolute Gasteiger partial charge is 0.0947 e. The van der Waals surface area contributed by atoms with E-state index in [-0.39, 0.29) is 0 Å². The number of benzene rings is 1. The Balaban J connectivity index is 1.47. The van der Waals surface area contributed by atoms with Gasteiger partial charge in [0.2, 0.25) is 0 Å². The zero-order valence-corrected chi connectivity index (χ0v) is 12.1. The molecular weight excluding hydrogens is 272 g/mol. The van der Waals surface area contributed by atoms with Gasteiger partial charge in [0.15, 0.2) is 0 Å². The number of rotatable bonds is 4. The zero-order valence-electron chi connectivity index (χ0n) is 11.4. The molecule has 0 spiro atoms. The molecule has 3 rings (SSSR count). The van der Waals surface area contributed by atoms with E-state index in [1.54, 1.807) is 6.26 Å². The molecule has 2 heterocycles. The van der Waals surface area contributed by atoms with Gasteiger partial charge >= 0.3 is 0 Å². The molecule has 1 saturated heterocycles. The Morgan fingerprint density at radius 2 is 1.90 bits per heavy atom. The Morgan fingerprint density at radius 1 is 1.15 bits per heavy atom. The zero-order chi connectivity index (χ0) is 13.8. The van der Waals surface area contributed by atoms with Crippen LogP contribution >= 0.6 is 11.6 Å². The van der Waals surface area contributed by atoms with Gasteiger partial charge in [-0.2, -0.15) is 0 Å². The van der Waals surface area contributed by atoms with Crippen molar-refractivity contribution in [1.29, 1.82) is 0 Å². The first-order chi connectivity index (χ1) is 9.79. The van der Waals surface area contributed by atoms with E-state index in [2.05, 4.69) is 10.2 Å². The molecule has 0 unspecified atom stereocenters. The van der Waals surface area contributed by atoms with Crippen molar-refractivity contribution in [3.8, 4) is 0 Å². The van der Waals surface area contributed by atoms with Crippen molar-refractivity contribution in [3.05, 3.63) is 53.4 Å². The maximum Gasteiger partial charge on any atom is 0.0947 e. The molecule has 0 radical (unpaired) electrons. The summed E-state index contributed by atoms with van der Waals surface area (Å²) in [6.07, 6.45) is 5.91. The summed E-state index contributed by atoms with van der Waals surface area (Å²) in [7, 11) is 0. The molecule has 1 fully saturated rings. The van der Waals surface area contributed by atoms with Crippen molar-refractivity contribution in [1.82, 2.24) is 4.90 Å². The maximum absolute atomic E-state index is 5.90. The number of nitrogens with zero attached hydrogens (tertiary/aromatic N) is 1. The van der Waals surface area contributed by atoms with Crippen LogP contribution in [0.4, 0.5) is 5.69 Å². The molecule has 0 saturated carbocycles. The normalized spacial score (nSPS) is 17.2. The quantitative estimate of drug-likeness (QED) is 0.922. The van der Waals surface area contributed by atoms with Crippen LogP contribution in [0, 0.1) is 0 Å². The molecule has 1 N–H and O–H groups in total. The number of likely N-dealkylation sites (tertiary alicyclic amines) is 1. The highest BCUT2D eigenvalue weighted by Gasteiger charge is 2.19. The lowest BCUT2D eigenvalue weighted by molar-refractivity contribution is 0.211. The molecule has 1 aromatic carbocycles. The van der Waals surface area contributed by atoms with Crippen molar-refractivity contribution in [2.75, 3.05) is 18.4 Å². The highest BCUT2D eigenvalue weighted by Crippen LogP contribution is 2.19. The number of anilines is 1. The minimum atomic E-state index is 0.553. The van der Waals surface area contributed by atoms with Crippen LogP contribution < -0.4 is 5.32 Å². The monoisotopic (exact) mass is 290 g/mol. The molecular formula is C16H19ClN2O. The molecule has 4 heteroatoms. The van der Waals surface area contributed by atoms with Gasteiger partial charge in [-0.25, -0.2) is 0 Å². The van der Waals surface area contributed by atoms with Gasteiger partial charge in [0.1, 0.15) is 0 Å². The van der Waals surface area contributed by atoms with Crippen molar-refractivity contribution in [2.45, 2.75) is 25.4 Å². The van der Waals surface area contributed by atoms with E-state index in [4.69, 9.17) is 16.0 Å². The molecule has 0 bridgehead atoms. The first kappa shape index (κ1) is 13.5. The Hall–Kier alpha value is -1.45. The van der Waals surface area contributed by atoms with Crippen LogP contribution in [0.5, 0.6) is 0 Å². The van der Waals surface area contributed by atoms with Crippen LogP contribution in [0.25, 0.3) is 0 Å². The molecule has 106 valence electrons. The number of hydrogen-bond donors (Lipinski definition) is 1. The maximum atomic E-state index is 5.90. The van der Waals surface area contributed by atoms with E-state index in [9.17, 15) is 0 Å². The lowest BCUT2D eigenvalue weighted by atomic mass is 10.0. The summed E-state index contributed by atoms with van der Waals surface area (Å²) in [6.45, 7) is 3.23. The fourth-order valence-corrected chi connectivity index (χ4v) is 2.78. The van der Waals surface area contributed by atoms with Gasteiger partial charge in [0.25, 0.3) is 0 Å². The van der Waals surface area contributed by atoms with Gasteiger partial charge < -0.3 is 9.73 Å². The average Bonchev–Trinajstić information content (AvgIpc) is 2.96. The predicted molar refractivity (Wildman–Crippen MR) is 82.1 cm³/mol. The van der Waals surface area contributed by atoms with Crippen molar-refractivity contribution in [2.24, 2.45) is 0 Å². The average molecular weight is 291 g/mol. The minimum absolute atomic E-state index is 0.553. The van der Waals surface area contributed by atoms with E-state index in [1.165, 1.54) is 18.4 Å². The van der Waals surface area contributed by atoms with Crippen molar-refractivity contribution < 1.29 is 4.42 Å². The van der Waals surface area contributed by atoms with E-state index in [0.717, 1.165) is 30.3 Å². The van der Waals surface area contributed by atoms with E-state index < -0.39 is 0 Å². The lowest BCUT2D eigenvalue weighted by Crippen LogP contribution is -2.38. The second kappa shape index (κ2) is 6.33. The third-order valence-electron chi connectivity index (χ3n) is 3.79. The first-order valence-corrected chi connectivity index (χ1v) is 7.43. The number of piperidine rings is 1. The van der Waals surface area contributed by atoms with Crippen LogP contribution in [0.3, 0.4) is 0 Å². The molecule has 0 amide bonds. The first-order valence-electron chi connectivity index (χ1n) is 7.05. The Bertz CT molecular complexity index is 516.